The van der Waals surface area contributed by atoms with E-state index >= 15 is 0 Å². The molecule has 0 bridgehead atoms. The molecule has 1 aliphatic carbocycles. The lowest BCUT2D eigenvalue weighted by molar-refractivity contribution is -0.172. The molecule has 3 atom stereocenters. The van der Waals surface area contributed by atoms with E-state index in [4.69, 9.17) is 4.74 Å². The van der Waals surface area contributed by atoms with Crippen molar-refractivity contribution in [3.63, 3.8) is 0 Å². The van der Waals surface area contributed by atoms with Crippen molar-refractivity contribution < 1.29 is 9.53 Å². The highest BCUT2D eigenvalue weighted by Gasteiger charge is 2.48. The molecule has 1 saturated carbocycles. The van der Waals surface area contributed by atoms with E-state index in [9.17, 15) is 4.79 Å². The first-order valence-corrected chi connectivity index (χ1v) is 8.35. The molecule has 0 aromatic heterocycles. The quantitative estimate of drug-likeness (QED) is 0.774. The summed E-state index contributed by atoms with van der Waals surface area (Å²) in [5.74, 6) is 0.437. The number of rotatable bonds is 5. The molecule has 22 heavy (non-hydrogen) atoms. The van der Waals surface area contributed by atoms with E-state index in [2.05, 4.69) is 50.2 Å². The number of nitrogens with zero attached hydrogens (tertiary/aromatic N) is 1. The van der Waals surface area contributed by atoms with Gasteiger partial charge in [0.25, 0.3) is 0 Å². The Balaban J connectivity index is 2.39. The van der Waals surface area contributed by atoms with Crippen molar-refractivity contribution in [2.75, 3.05) is 20.6 Å². The standard InChI is InChI=1S/C19H29NO2/c1-15(14-20(3)4)19(22-16(2)21)13-9-8-12-18(19)17-10-6-5-7-11-17/h5-7,10-11,15,18H,8-9,12-14H2,1-4H3/t15-,18-,19-/m0/s1. The van der Waals surface area contributed by atoms with Gasteiger partial charge in [-0.2, -0.15) is 0 Å². The lowest BCUT2D eigenvalue weighted by Gasteiger charge is -2.48. The number of hydrogen-bond donors (Lipinski definition) is 0. The second-order valence-electron chi connectivity index (χ2n) is 6.92. The second kappa shape index (κ2) is 7.28. The Morgan fingerprint density at radius 3 is 2.59 bits per heavy atom. The molecular weight excluding hydrogens is 274 g/mol. The van der Waals surface area contributed by atoms with Gasteiger partial charge in [0.1, 0.15) is 5.60 Å². The Bertz CT molecular complexity index is 485. The van der Waals surface area contributed by atoms with E-state index < -0.39 is 0 Å². The van der Waals surface area contributed by atoms with Crippen molar-refractivity contribution in [2.24, 2.45) is 5.92 Å². The maximum absolute atomic E-state index is 11.8. The van der Waals surface area contributed by atoms with Crippen LogP contribution in [0.25, 0.3) is 0 Å². The van der Waals surface area contributed by atoms with E-state index in [1.807, 2.05) is 6.07 Å². The monoisotopic (exact) mass is 303 g/mol. The summed E-state index contributed by atoms with van der Waals surface area (Å²) in [6.45, 7) is 4.70. The third-order valence-corrected chi connectivity index (χ3v) is 4.91. The molecule has 3 nitrogen and oxygen atoms in total. The van der Waals surface area contributed by atoms with Gasteiger partial charge in [-0.1, -0.05) is 43.7 Å². The van der Waals surface area contributed by atoms with Crippen LogP contribution in [0.3, 0.4) is 0 Å². The number of carbonyl (C=O) groups is 1. The molecule has 1 aliphatic rings. The highest BCUT2D eigenvalue weighted by molar-refractivity contribution is 5.67. The van der Waals surface area contributed by atoms with Crippen molar-refractivity contribution in [3.8, 4) is 0 Å². The van der Waals surface area contributed by atoms with Gasteiger partial charge in [0, 0.05) is 25.3 Å². The van der Waals surface area contributed by atoms with Crippen LogP contribution in [0.1, 0.15) is 51.0 Å². The Hall–Kier alpha value is -1.35. The lowest BCUT2D eigenvalue weighted by atomic mass is 9.66. The predicted molar refractivity (Wildman–Crippen MR) is 89.9 cm³/mol. The zero-order valence-electron chi connectivity index (χ0n) is 14.3. The molecule has 0 unspecified atom stereocenters. The van der Waals surface area contributed by atoms with E-state index in [1.54, 1.807) is 6.92 Å². The Morgan fingerprint density at radius 2 is 2.00 bits per heavy atom. The van der Waals surface area contributed by atoms with Crippen molar-refractivity contribution in [1.82, 2.24) is 4.90 Å². The van der Waals surface area contributed by atoms with Crippen LogP contribution in [0.5, 0.6) is 0 Å². The summed E-state index contributed by atoms with van der Waals surface area (Å²) < 4.78 is 6.04. The van der Waals surface area contributed by atoms with E-state index in [1.165, 1.54) is 12.0 Å². The molecule has 0 N–H and O–H groups in total. The topological polar surface area (TPSA) is 29.5 Å². The van der Waals surface area contributed by atoms with Crippen LogP contribution in [-0.2, 0) is 9.53 Å². The zero-order chi connectivity index (χ0) is 16.2. The Morgan fingerprint density at radius 1 is 1.32 bits per heavy atom. The van der Waals surface area contributed by atoms with Crippen molar-refractivity contribution in [1.29, 1.82) is 0 Å². The molecule has 0 saturated heterocycles. The summed E-state index contributed by atoms with van der Waals surface area (Å²) in [7, 11) is 4.16. The molecule has 2 rings (SSSR count). The normalized spacial score (nSPS) is 26.7. The molecule has 0 amide bonds. The molecule has 3 heteroatoms. The lowest BCUT2D eigenvalue weighted by Crippen LogP contribution is -2.51. The Labute approximate surface area is 134 Å². The minimum Gasteiger partial charge on any atom is -0.458 e. The highest BCUT2D eigenvalue weighted by atomic mass is 16.6. The van der Waals surface area contributed by atoms with Crippen LogP contribution in [0.4, 0.5) is 0 Å². The van der Waals surface area contributed by atoms with Gasteiger partial charge in [-0.25, -0.2) is 0 Å². The van der Waals surface area contributed by atoms with Gasteiger partial charge in [0.15, 0.2) is 0 Å². The molecule has 0 aliphatic heterocycles. The van der Waals surface area contributed by atoms with Crippen LogP contribution in [0, 0.1) is 5.92 Å². The summed E-state index contributed by atoms with van der Waals surface area (Å²) >= 11 is 0. The Kier molecular flexibility index (Phi) is 5.63. The number of benzene rings is 1. The molecule has 1 aromatic rings. The summed E-state index contributed by atoms with van der Waals surface area (Å²) in [6.07, 6.45) is 4.39. The minimum absolute atomic E-state index is 0.159. The fourth-order valence-corrected chi connectivity index (χ4v) is 4.08. The van der Waals surface area contributed by atoms with Crippen LogP contribution < -0.4 is 0 Å². The fraction of sp³-hybridized carbons (Fsp3) is 0.632. The van der Waals surface area contributed by atoms with Crippen LogP contribution >= 0.6 is 0 Å². The van der Waals surface area contributed by atoms with Gasteiger partial charge in [-0.05, 0) is 38.9 Å². The van der Waals surface area contributed by atoms with Gasteiger partial charge >= 0.3 is 5.97 Å². The summed E-state index contributed by atoms with van der Waals surface area (Å²) in [4.78, 5) is 14.0. The smallest absolute Gasteiger partial charge is 0.303 e. The van der Waals surface area contributed by atoms with Gasteiger partial charge in [0.05, 0.1) is 0 Å². The van der Waals surface area contributed by atoms with Crippen molar-refractivity contribution >= 4 is 5.97 Å². The largest absolute Gasteiger partial charge is 0.458 e. The third kappa shape index (κ3) is 3.70. The third-order valence-electron chi connectivity index (χ3n) is 4.91. The van der Waals surface area contributed by atoms with Crippen molar-refractivity contribution in [3.05, 3.63) is 35.9 Å². The second-order valence-corrected chi connectivity index (χ2v) is 6.92. The van der Waals surface area contributed by atoms with E-state index in [-0.39, 0.29) is 11.6 Å². The minimum atomic E-state index is -0.379. The van der Waals surface area contributed by atoms with Crippen LogP contribution in [-0.4, -0.2) is 37.1 Å². The molecular formula is C19H29NO2. The average Bonchev–Trinajstić information content (AvgIpc) is 2.47. The van der Waals surface area contributed by atoms with Gasteiger partial charge in [-0.15, -0.1) is 0 Å². The molecule has 0 spiro atoms. The fourth-order valence-electron chi connectivity index (χ4n) is 4.08. The average molecular weight is 303 g/mol. The summed E-state index contributed by atoms with van der Waals surface area (Å²) in [5, 5.41) is 0. The maximum Gasteiger partial charge on any atom is 0.303 e. The van der Waals surface area contributed by atoms with Crippen LogP contribution in [0.15, 0.2) is 30.3 Å². The first kappa shape index (κ1) is 17.0. The molecule has 1 aromatic carbocycles. The van der Waals surface area contributed by atoms with E-state index in [0.29, 0.717) is 11.8 Å². The number of hydrogen-bond acceptors (Lipinski definition) is 3. The summed E-state index contributed by atoms with van der Waals surface area (Å²) in [5.41, 5.74) is 0.921. The first-order chi connectivity index (χ1) is 10.5. The number of ether oxygens (including phenoxy) is 1. The number of esters is 1. The van der Waals surface area contributed by atoms with Gasteiger partial charge in [0.2, 0.25) is 0 Å². The zero-order valence-corrected chi connectivity index (χ0v) is 14.3. The summed E-state index contributed by atoms with van der Waals surface area (Å²) in [6, 6.07) is 10.6. The SMILES string of the molecule is CC(=O)O[C@]1([C@@H](C)CN(C)C)CCCC[C@H]1c1ccccc1. The van der Waals surface area contributed by atoms with Crippen LogP contribution in [0.2, 0.25) is 0 Å². The molecule has 122 valence electrons. The number of carbonyl (C=O) groups excluding carboxylic acids is 1. The molecule has 0 radical (unpaired) electrons. The molecule has 1 fully saturated rings. The van der Waals surface area contributed by atoms with Gasteiger partial charge < -0.3 is 9.64 Å². The van der Waals surface area contributed by atoms with Crippen molar-refractivity contribution in [2.45, 2.75) is 51.0 Å². The maximum atomic E-state index is 11.8. The van der Waals surface area contributed by atoms with E-state index in [0.717, 1.165) is 25.8 Å². The first-order valence-electron chi connectivity index (χ1n) is 8.35. The van der Waals surface area contributed by atoms with Gasteiger partial charge in [-0.3, -0.25) is 4.79 Å². The molecule has 0 heterocycles. The highest BCUT2D eigenvalue weighted by Crippen LogP contribution is 2.48. The predicted octanol–water partition coefficient (Wildman–Crippen LogP) is 3.84.